The second-order valence-corrected chi connectivity index (χ2v) is 5.97. The Morgan fingerprint density at radius 2 is 2.16 bits per heavy atom. The van der Waals surface area contributed by atoms with Gasteiger partial charge in [0.2, 0.25) is 0 Å². The monoisotopic (exact) mass is 263 g/mol. The molecule has 0 unspecified atom stereocenters. The zero-order valence-electron chi connectivity index (χ0n) is 12.5. The maximum absolute atomic E-state index is 12.6. The number of hydrogen-bond acceptors (Lipinski definition) is 3. The SMILES string of the molecule is CNCc1cc2c(n(CC(C)C)c1=O)CCN(C)C2. The maximum Gasteiger partial charge on any atom is 0.255 e. The van der Waals surface area contributed by atoms with E-state index >= 15 is 0 Å². The van der Waals surface area contributed by atoms with E-state index in [1.165, 1.54) is 11.3 Å². The fourth-order valence-electron chi connectivity index (χ4n) is 2.80. The third-order valence-corrected chi connectivity index (χ3v) is 3.65. The smallest absolute Gasteiger partial charge is 0.255 e. The molecule has 0 saturated carbocycles. The van der Waals surface area contributed by atoms with E-state index in [0.29, 0.717) is 12.5 Å². The average molecular weight is 263 g/mol. The minimum Gasteiger partial charge on any atom is -0.315 e. The fraction of sp³-hybridized carbons (Fsp3) is 0.667. The average Bonchev–Trinajstić information content (AvgIpc) is 2.34. The predicted molar refractivity (Wildman–Crippen MR) is 78.3 cm³/mol. The van der Waals surface area contributed by atoms with Gasteiger partial charge in [0.1, 0.15) is 0 Å². The van der Waals surface area contributed by atoms with Gasteiger partial charge in [-0.2, -0.15) is 0 Å². The first-order valence-corrected chi connectivity index (χ1v) is 7.10. The summed E-state index contributed by atoms with van der Waals surface area (Å²) in [7, 11) is 4.02. The number of likely N-dealkylation sites (N-methyl/N-ethyl adjacent to an activating group) is 1. The molecule has 106 valence electrons. The molecule has 0 bridgehead atoms. The maximum atomic E-state index is 12.6. The van der Waals surface area contributed by atoms with Crippen molar-refractivity contribution in [1.82, 2.24) is 14.8 Å². The van der Waals surface area contributed by atoms with Crippen molar-refractivity contribution in [3.8, 4) is 0 Å². The van der Waals surface area contributed by atoms with Crippen LogP contribution in [0.15, 0.2) is 10.9 Å². The number of pyridine rings is 1. The van der Waals surface area contributed by atoms with Gasteiger partial charge in [-0.05, 0) is 31.6 Å². The quantitative estimate of drug-likeness (QED) is 0.887. The van der Waals surface area contributed by atoms with Gasteiger partial charge in [-0.15, -0.1) is 0 Å². The van der Waals surface area contributed by atoms with Gasteiger partial charge < -0.3 is 14.8 Å². The van der Waals surface area contributed by atoms with E-state index in [-0.39, 0.29) is 5.56 Å². The molecule has 1 aromatic heterocycles. The van der Waals surface area contributed by atoms with Crippen LogP contribution in [0.4, 0.5) is 0 Å². The molecule has 2 heterocycles. The van der Waals surface area contributed by atoms with Crippen LogP contribution in [0.5, 0.6) is 0 Å². The normalized spacial score (nSPS) is 15.8. The highest BCUT2D eigenvalue weighted by molar-refractivity contribution is 5.29. The minimum atomic E-state index is 0.186. The van der Waals surface area contributed by atoms with Gasteiger partial charge in [-0.1, -0.05) is 13.8 Å². The van der Waals surface area contributed by atoms with E-state index in [2.05, 4.69) is 37.2 Å². The Morgan fingerprint density at radius 1 is 1.42 bits per heavy atom. The van der Waals surface area contributed by atoms with Crippen LogP contribution in [0.3, 0.4) is 0 Å². The molecule has 0 aliphatic carbocycles. The Hall–Kier alpha value is -1.13. The second-order valence-electron chi connectivity index (χ2n) is 5.97. The van der Waals surface area contributed by atoms with Crippen LogP contribution in [0.1, 0.15) is 30.7 Å². The highest BCUT2D eigenvalue weighted by Gasteiger charge is 2.20. The number of nitrogens with zero attached hydrogens (tertiary/aromatic N) is 2. The summed E-state index contributed by atoms with van der Waals surface area (Å²) < 4.78 is 2.01. The molecule has 0 amide bonds. The van der Waals surface area contributed by atoms with Crippen molar-refractivity contribution in [3.63, 3.8) is 0 Å². The summed E-state index contributed by atoms with van der Waals surface area (Å²) in [4.78, 5) is 14.9. The Bertz CT molecular complexity index is 505. The molecule has 0 aromatic carbocycles. The Morgan fingerprint density at radius 3 is 2.79 bits per heavy atom. The van der Waals surface area contributed by atoms with Crippen molar-refractivity contribution in [2.24, 2.45) is 5.92 Å². The molecular formula is C15H25N3O. The Kier molecular flexibility index (Phi) is 4.42. The van der Waals surface area contributed by atoms with E-state index in [4.69, 9.17) is 0 Å². The lowest BCUT2D eigenvalue weighted by molar-refractivity contribution is 0.301. The standard InChI is InChI=1S/C15H25N3O/c1-11(2)9-18-14-5-6-17(4)10-13(14)7-12(8-16-3)15(18)19/h7,11,16H,5-6,8-10H2,1-4H3. The zero-order valence-corrected chi connectivity index (χ0v) is 12.5. The molecule has 4 nitrogen and oxygen atoms in total. The van der Waals surface area contributed by atoms with E-state index in [1.807, 2.05) is 11.6 Å². The number of fused-ring (bicyclic) bond motifs is 1. The van der Waals surface area contributed by atoms with Crippen molar-refractivity contribution in [2.75, 3.05) is 20.6 Å². The van der Waals surface area contributed by atoms with Crippen molar-refractivity contribution >= 4 is 0 Å². The molecule has 0 saturated heterocycles. The first-order valence-electron chi connectivity index (χ1n) is 7.10. The highest BCUT2D eigenvalue weighted by atomic mass is 16.1. The van der Waals surface area contributed by atoms with Gasteiger partial charge in [-0.25, -0.2) is 0 Å². The Balaban J connectivity index is 2.51. The van der Waals surface area contributed by atoms with Gasteiger partial charge >= 0.3 is 0 Å². The summed E-state index contributed by atoms with van der Waals surface area (Å²) >= 11 is 0. The fourth-order valence-corrected chi connectivity index (χ4v) is 2.80. The summed E-state index contributed by atoms with van der Waals surface area (Å²) in [5, 5.41) is 3.10. The Labute approximate surface area is 115 Å². The molecule has 4 heteroatoms. The van der Waals surface area contributed by atoms with Gasteiger partial charge in [0.15, 0.2) is 0 Å². The summed E-state index contributed by atoms with van der Waals surface area (Å²) in [6, 6.07) is 2.10. The lowest BCUT2D eigenvalue weighted by Crippen LogP contribution is -2.36. The molecule has 1 aromatic rings. The molecule has 0 fully saturated rings. The summed E-state index contributed by atoms with van der Waals surface area (Å²) in [6.07, 6.45) is 0.980. The predicted octanol–water partition coefficient (Wildman–Crippen LogP) is 1.21. The van der Waals surface area contributed by atoms with E-state index in [0.717, 1.165) is 31.6 Å². The van der Waals surface area contributed by atoms with Gasteiger partial charge in [0.25, 0.3) is 5.56 Å². The molecule has 2 rings (SSSR count). The van der Waals surface area contributed by atoms with Crippen LogP contribution in [0.25, 0.3) is 0 Å². The number of aromatic nitrogens is 1. The van der Waals surface area contributed by atoms with Crippen molar-refractivity contribution in [2.45, 2.75) is 39.9 Å². The third-order valence-electron chi connectivity index (χ3n) is 3.65. The first kappa shape index (κ1) is 14.3. The molecule has 0 radical (unpaired) electrons. The number of nitrogens with one attached hydrogen (secondary N) is 1. The lowest BCUT2D eigenvalue weighted by Gasteiger charge is -2.28. The van der Waals surface area contributed by atoms with E-state index < -0.39 is 0 Å². The van der Waals surface area contributed by atoms with Crippen molar-refractivity contribution in [3.05, 3.63) is 33.2 Å². The highest BCUT2D eigenvalue weighted by Crippen LogP contribution is 2.18. The van der Waals surface area contributed by atoms with Crippen LogP contribution in [0, 0.1) is 5.92 Å². The molecule has 0 spiro atoms. The van der Waals surface area contributed by atoms with Crippen LogP contribution in [-0.4, -0.2) is 30.1 Å². The van der Waals surface area contributed by atoms with E-state index in [1.54, 1.807) is 0 Å². The second kappa shape index (κ2) is 5.88. The van der Waals surface area contributed by atoms with Gasteiger partial charge in [0.05, 0.1) is 0 Å². The molecule has 1 aliphatic heterocycles. The third kappa shape index (κ3) is 3.07. The van der Waals surface area contributed by atoms with Crippen LogP contribution in [0.2, 0.25) is 0 Å². The zero-order chi connectivity index (χ0) is 14.0. The van der Waals surface area contributed by atoms with Crippen molar-refractivity contribution < 1.29 is 0 Å². The van der Waals surface area contributed by atoms with Gasteiger partial charge in [0, 0.05) is 43.9 Å². The van der Waals surface area contributed by atoms with Crippen molar-refractivity contribution in [1.29, 1.82) is 0 Å². The van der Waals surface area contributed by atoms with Crippen LogP contribution in [-0.2, 0) is 26.1 Å². The summed E-state index contributed by atoms with van der Waals surface area (Å²) in [6.45, 7) is 7.79. The topological polar surface area (TPSA) is 37.3 Å². The molecule has 0 atom stereocenters. The number of rotatable bonds is 4. The molecule has 1 aliphatic rings. The molecular weight excluding hydrogens is 238 g/mol. The summed E-state index contributed by atoms with van der Waals surface area (Å²) in [5.74, 6) is 0.492. The summed E-state index contributed by atoms with van der Waals surface area (Å²) in [5.41, 5.74) is 3.64. The lowest BCUT2D eigenvalue weighted by atomic mass is 10.0. The number of hydrogen-bond donors (Lipinski definition) is 1. The van der Waals surface area contributed by atoms with E-state index in [9.17, 15) is 4.79 Å². The first-order chi connectivity index (χ1) is 9.02. The molecule has 19 heavy (non-hydrogen) atoms. The minimum absolute atomic E-state index is 0.186. The largest absolute Gasteiger partial charge is 0.315 e. The van der Waals surface area contributed by atoms with Crippen LogP contribution < -0.4 is 10.9 Å². The van der Waals surface area contributed by atoms with Crippen LogP contribution >= 0.6 is 0 Å². The van der Waals surface area contributed by atoms with Gasteiger partial charge in [-0.3, -0.25) is 4.79 Å². The molecule has 1 N–H and O–H groups in total.